The fourth-order valence-corrected chi connectivity index (χ4v) is 4.00. The van der Waals surface area contributed by atoms with Crippen molar-refractivity contribution in [3.8, 4) is 17.2 Å². The number of benzene rings is 2. The molecule has 0 radical (unpaired) electrons. The van der Waals surface area contributed by atoms with Gasteiger partial charge in [0.15, 0.2) is 0 Å². The van der Waals surface area contributed by atoms with Crippen molar-refractivity contribution in [2.24, 2.45) is 5.92 Å². The van der Waals surface area contributed by atoms with Crippen molar-refractivity contribution in [2.75, 3.05) is 6.61 Å². The molecule has 3 aromatic rings. The standard InChI is InChI=1S/C25H26F3N3O2/c1-17(2)13-23-22(24(33)31(16-25(26,27)28)30(23)11-12-32)14-18-7-9-19(10-8-18)21-6-4-3-5-20(21)15-29/h3-10,17,32H,11-14,16H2,1-2H3. The number of aliphatic hydroxyl groups is 1. The van der Waals surface area contributed by atoms with Gasteiger partial charge in [-0.25, -0.2) is 4.68 Å². The fraction of sp³-hybridized carbons (Fsp3) is 0.360. The topological polar surface area (TPSA) is 71.0 Å². The molecule has 0 aliphatic carbocycles. The number of nitrogens with zero attached hydrogens (tertiary/aromatic N) is 3. The van der Waals surface area contributed by atoms with E-state index in [2.05, 4.69) is 6.07 Å². The SMILES string of the molecule is CC(C)Cc1c(Cc2ccc(-c3ccccc3C#N)cc2)c(=O)n(CC(F)(F)F)n1CCO. The Kier molecular flexibility index (Phi) is 7.44. The predicted molar refractivity (Wildman–Crippen MR) is 120 cm³/mol. The number of nitriles is 1. The van der Waals surface area contributed by atoms with E-state index in [9.17, 15) is 28.3 Å². The van der Waals surface area contributed by atoms with Crippen LogP contribution < -0.4 is 5.56 Å². The number of rotatable bonds is 8. The van der Waals surface area contributed by atoms with Crippen molar-refractivity contribution < 1.29 is 18.3 Å². The van der Waals surface area contributed by atoms with E-state index in [0.717, 1.165) is 16.7 Å². The predicted octanol–water partition coefficient (Wildman–Crippen LogP) is 4.53. The van der Waals surface area contributed by atoms with Crippen LogP contribution in [-0.2, 0) is 25.9 Å². The Balaban J connectivity index is 2.02. The molecule has 2 aromatic carbocycles. The number of aromatic nitrogens is 2. The lowest BCUT2D eigenvalue weighted by Gasteiger charge is -2.16. The minimum Gasteiger partial charge on any atom is -0.394 e. The summed E-state index contributed by atoms with van der Waals surface area (Å²) in [7, 11) is 0. The maximum Gasteiger partial charge on any atom is 0.408 e. The molecule has 33 heavy (non-hydrogen) atoms. The van der Waals surface area contributed by atoms with Gasteiger partial charge in [-0.15, -0.1) is 0 Å². The lowest BCUT2D eigenvalue weighted by molar-refractivity contribution is -0.145. The molecule has 8 heteroatoms. The lowest BCUT2D eigenvalue weighted by Crippen LogP contribution is -2.32. The highest BCUT2D eigenvalue weighted by molar-refractivity contribution is 5.70. The maximum absolute atomic E-state index is 13.2. The van der Waals surface area contributed by atoms with Crippen molar-refractivity contribution >= 4 is 0 Å². The van der Waals surface area contributed by atoms with E-state index in [0.29, 0.717) is 27.9 Å². The second-order valence-electron chi connectivity index (χ2n) is 8.38. The highest BCUT2D eigenvalue weighted by atomic mass is 19.4. The molecule has 0 spiro atoms. The number of aliphatic hydroxyl groups excluding tert-OH is 1. The monoisotopic (exact) mass is 457 g/mol. The zero-order valence-electron chi connectivity index (χ0n) is 18.6. The van der Waals surface area contributed by atoms with E-state index in [1.54, 1.807) is 12.1 Å². The highest BCUT2D eigenvalue weighted by Gasteiger charge is 2.32. The van der Waals surface area contributed by atoms with Crippen LogP contribution in [-0.4, -0.2) is 27.3 Å². The Bertz CT molecular complexity index is 1200. The minimum atomic E-state index is -4.56. The second-order valence-corrected chi connectivity index (χ2v) is 8.38. The molecule has 1 N–H and O–H groups in total. The first-order valence-corrected chi connectivity index (χ1v) is 10.7. The van der Waals surface area contributed by atoms with Crippen LogP contribution in [0.3, 0.4) is 0 Å². The zero-order chi connectivity index (χ0) is 24.2. The molecule has 0 unspecified atom stereocenters. The van der Waals surface area contributed by atoms with Gasteiger partial charge >= 0.3 is 6.18 Å². The van der Waals surface area contributed by atoms with Gasteiger partial charge in [0, 0.05) is 17.7 Å². The summed E-state index contributed by atoms with van der Waals surface area (Å²) in [6.45, 7) is 2.00. The fourth-order valence-electron chi connectivity index (χ4n) is 4.00. The Morgan fingerprint density at radius 2 is 1.73 bits per heavy atom. The van der Waals surface area contributed by atoms with E-state index >= 15 is 0 Å². The summed E-state index contributed by atoms with van der Waals surface area (Å²) in [6, 6.07) is 16.7. The van der Waals surface area contributed by atoms with E-state index in [1.165, 1.54) is 4.68 Å². The molecule has 0 saturated carbocycles. The van der Waals surface area contributed by atoms with Crippen LogP contribution in [0.2, 0.25) is 0 Å². The molecule has 0 fully saturated rings. The van der Waals surface area contributed by atoms with E-state index < -0.39 is 18.3 Å². The van der Waals surface area contributed by atoms with Gasteiger partial charge in [0.2, 0.25) is 0 Å². The first kappa shape index (κ1) is 24.3. The van der Waals surface area contributed by atoms with Gasteiger partial charge in [-0.2, -0.15) is 18.4 Å². The van der Waals surface area contributed by atoms with Crippen molar-refractivity contribution in [3.63, 3.8) is 0 Å². The van der Waals surface area contributed by atoms with Crippen LogP contribution >= 0.6 is 0 Å². The molecule has 0 aliphatic heterocycles. The smallest absolute Gasteiger partial charge is 0.394 e. The third-order valence-electron chi connectivity index (χ3n) is 5.38. The number of alkyl halides is 3. The van der Waals surface area contributed by atoms with E-state index in [-0.39, 0.29) is 25.5 Å². The van der Waals surface area contributed by atoms with Gasteiger partial charge in [-0.1, -0.05) is 56.3 Å². The summed E-state index contributed by atoms with van der Waals surface area (Å²) in [5.74, 6) is 0.111. The van der Waals surface area contributed by atoms with Crippen LogP contribution in [0.1, 0.15) is 36.2 Å². The molecule has 174 valence electrons. The third-order valence-corrected chi connectivity index (χ3v) is 5.38. The summed E-state index contributed by atoms with van der Waals surface area (Å²) >= 11 is 0. The van der Waals surface area contributed by atoms with Crippen LogP contribution in [0.5, 0.6) is 0 Å². The Hall–Kier alpha value is -3.31. The van der Waals surface area contributed by atoms with Crippen LogP contribution in [0, 0.1) is 17.2 Å². The quantitative estimate of drug-likeness (QED) is 0.540. The van der Waals surface area contributed by atoms with Gasteiger partial charge in [0.1, 0.15) is 6.54 Å². The van der Waals surface area contributed by atoms with Crippen molar-refractivity contribution in [1.29, 1.82) is 5.26 Å². The number of halogens is 3. The molecular formula is C25H26F3N3O2. The summed E-state index contributed by atoms with van der Waals surface area (Å²) in [4.78, 5) is 13.0. The molecule has 0 bridgehead atoms. The third kappa shape index (κ3) is 5.74. The van der Waals surface area contributed by atoms with Gasteiger partial charge in [-0.3, -0.25) is 9.48 Å². The average molecular weight is 457 g/mol. The number of hydrogen-bond acceptors (Lipinski definition) is 3. The molecule has 0 aliphatic rings. The molecule has 1 aromatic heterocycles. The van der Waals surface area contributed by atoms with Crippen molar-refractivity contribution in [2.45, 2.75) is 46.0 Å². The molecule has 5 nitrogen and oxygen atoms in total. The normalized spacial score (nSPS) is 11.7. The Labute approximate surface area is 190 Å². The molecule has 1 heterocycles. The summed E-state index contributed by atoms with van der Waals surface area (Å²) in [5, 5.41) is 18.8. The molecule has 3 rings (SSSR count). The minimum absolute atomic E-state index is 0.0861. The van der Waals surface area contributed by atoms with Gasteiger partial charge in [0.05, 0.1) is 24.8 Å². The Morgan fingerprint density at radius 1 is 1.06 bits per heavy atom. The van der Waals surface area contributed by atoms with Crippen LogP contribution in [0.25, 0.3) is 11.1 Å². The van der Waals surface area contributed by atoms with E-state index in [4.69, 9.17) is 0 Å². The molecule has 0 amide bonds. The lowest BCUT2D eigenvalue weighted by atomic mass is 9.96. The van der Waals surface area contributed by atoms with Gasteiger partial charge < -0.3 is 5.11 Å². The van der Waals surface area contributed by atoms with Gasteiger partial charge in [0.25, 0.3) is 5.56 Å². The summed E-state index contributed by atoms with van der Waals surface area (Å²) < 4.78 is 41.5. The zero-order valence-corrected chi connectivity index (χ0v) is 18.6. The molecular weight excluding hydrogens is 431 g/mol. The second kappa shape index (κ2) is 10.1. The number of hydrogen-bond donors (Lipinski definition) is 1. The average Bonchev–Trinajstić information content (AvgIpc) is 2.98. The summed E-state index contributed by atoms with van der Waals surface area (Å²) in [5.41, 5.74) is 3.09. The summed E-state index contributed by atoms with van der Waals surface area (Å²) in [6.07, 6.45) is -3.96. The molecule has 0 saturated heterocycles. The van der Waals surface area contributed by atoms with Gasteiger partial charge in [-0.05, 0) is 35.1 Å². The van der Waals surface area contributed by atoms with Crippen LogP contribution in [0.15, 0.2) is 53.3 Å². The van der Waals surface area contributed by atoms with Crippen molar-refractivity contribution in [3.05, 3.63) is 81.3 Å². The van der Waals surface area contributed by atoms with Crippen molar-refractivity contribution in [1.82, 2.24) is 9.36 Å². The Morgan fingerprint density at radius 3 is 2.30 bits per heavy atom. The van der Waals surface area contributed by atoms with Crippen LogP contribution in [0.4, 0.5) is 13.2 Å². The first-order chi connectivity index (χ1) is 15.6. The maximum atomic E-state index is 13.2. The van der Waals surface area contributed by atoms with E-state index in [1.807, 2.05) is 50.2 Å². The molecule has 0 atom stereocenters. The highest BCUT2D eigenvalue weighted by Crippen LogP contribution is 2.25. The largest absolute Gasteiger partial charge is 0.408 e. The first-order valence-electron chi connectivity index (χ1n) is 10.7.